The maximum absolute atomic E-state index is 6.20. The molecule has 3 heteroatoms. The van der Waals surface area contributed by atoms with Crippen LogP contribution < -0.4 is 10.5 Å². The lowest BCUT2D eigenvalue weighted by atomic mass is 10.0. The number of ether oxygens (including phenoxy) is 1. The molecule has 1 saturated carbocycles. The van der Waals surface area contributed by atoms with E-state index in [1.54, 1.807) is 7.11 Å². The van der Waals surface area contributed by atoms with E-state index in [4.69, 9.17) is 10.5 Å². The standard InChI is InChI=1S/C16H25NOS/c1-12(17)16(19-15-6-4-3-5-7-15)13-8-10-14(18-2)11-9-13/h8-12,15-16H,3-7,17H2,1-2H3. The van der Waals surface area contributed by atoms with Crippen molar-refractivity contribution < 1.29 is 4.74 Å². The van der Waals surface area contributed by atoms with E-state index in [2.05, 4.69) is 30.8 Å². The van der Waals surface area contributed by atoms with E-state index >= 15 is 0 Å². The Balaban J connectivity index is 2.05. The third-order valence-electron chi connectivity index (χ3n) is 3.81. The summed E-state index contributed by atoms with van der Waals surface area (Å²) in [5.41, 5.74) is 7.53. The molecule has 0 radical (unpaired) electrons. The Morgan fingerprint density at radius 2 is 1.79 bits per heavy atom. The first kappa shape index (κ1) is 14.7. The smallest absolute Gasteiger partial charge is 0.118 e. The fourth-order valence-corrected chi connectivity index (χ4v) is 4.29. The summed E-state index contributed by atoms with van der Waals surface area (Å²) in [7, 11) is 1.70. The predicted molar refractivity (Wildman–Crippen MR) is 83.8 cm³/mol. The minimum absolute atomic E-state index is 0.181. The van der Waals surface area contributed by atoms with Crippen LogP contribution in [0.5, 0.6) is 5.75 Å². The van der Waals surface area contributed by atoms with Crippen LogP contribution >= 0.6 is 11.8 Å². The van der Waals surface area contributed by atoms with Gasteiger partial charge in [0.1, 0.15) is 5.75 Å². The molecule has 19 heavy (non-hydrogen) atoms. The quantitative estimate of drug-likeness (QED) is 0.879. The van der Waals surface area contributed by atoms with Crippen LogP contribution in [0.3, 0.4) is 0 Å². The Morgan fingerprint density at radius 1 is 1.16 bits per heavy atom. The van der Waals surface area contributed by atoms with Gasteiger partial charge in [-0.05, 0) is 37.5 Å². The minimum Gasteiger partial charge on any atom is -0.497 e. The third-order valence-corrected chi connectivity index (χ3v) is 5.66. The Hall–Kier alpha value is -0.670. The predicted octanol–water partition coefficient (Wildman–Crippen LogP) is 4.15. The summed E-state index contributed by atoms with van der Waals surface area (Å²) in [5.74, 6) is 0.912. The summed E-state index contributed by atoms with van der Waals surface area (Å²) in [5, 5.41) is 1.18. The highest BCUT2D eigenvalue weighted by molar-refractivity contribution is 8.00. The van der Waals surface area contributed by atoms with Crippen molar-refractivity contribution in [2.45, 2.75) is 55.6 Å². The average molecular weight is 279 g/mol. The highest BCUT2D eigenvalue weighted by Crippen LogP contribution is 2.40. The summed E-state index contributed by atoms with van der Waals surface area (Å²) < 4.78 is 5.22. The summed E-state index contributed by atoms with van der Waals surface area (Å²) in [6.45, 7) is 2.12. The van der Waals surface area contributed by atoms with Gasteiger partial charge in [0.25, 0.3) is 0 Å². The number of nitrogens with two attached hydrogens (primary N) is 1. The topological polar surface area (TPSA) is 35.2 Å². The van der Waals surface area contributed by atoms with Crippen LogP contribution in [0.15, 0.2) is 24.3 Å². The van der Waals surface area contributed by atoms with Gasteiger partial charge in [-0.25, -0.2) is 0 Å². The molecule has 1 aliphatic rings. The molecule has 0 spiro atoms. The van der Waals surface area contributed by atoms with Gasteiger partial charge in [0.15, 0.2) is 0 Å². The molecule has 2 atom stereocenters. The lowest BCUT2D eigenvalue weighted by Gasteiger charge is -2.28. The van der Waals surface area contributed by atoms with Crippen molar-refractivity contribution in [3.8, 4) is 5.75 Å². The maximum Gasteiger partial charge on any atom is 0.118 e. The first-order valence-corrected chi connectivity index (χ1v) is 8.20. The van der Waals surface area contributed by atoms with E-state index in [0.29, 0.717) is 5.25 Å². The lowest BCUT2D eigenvalue weighted by Crippen LogP contribution is -2.25. The van der Waals surface area contributed by atoms with Crippen LogP contribution in [-0.4, -0.2) is 18.4 Å². The molecule has 2 rings (SSSR count). The molecule has 1 aromatic carbocycles. The van der Waals surface area contributed by atoms with Crippen LogP contribution in [0.1, 0.15) is 49.8 Å². The number of thioether (sulfide) groups is 1. The molecule has 0 saturated heterocycles. The molecule has 0 aliphatic heterocycles. The van der Waals surface area contributed by atoms with E-state index in [1.165, 1.54) is 37.7 Å². The Labute approximate surface area is 121 Å². The Kier molecular flexibility index (Phi) is 5.59. The van der Waals surface area contributed by atoms with Crippen LogP contribution in [0, 0.1) is 0 Å². The van der Waals surface area contributed by atoms with E-state index in [-0.39, 0.29) is 6.04 Å². The molecule has 1 aliphatic carbocycles. The average Bonchev–Trinajstić information content (AvgIpc) is 2.46. The Morgan fingerprint density at radius 3 is 2.32 bits per heavy atom. The largest absolute Gasteiger partial charge is 0.497 e. The normalized spacial score (nSPS) is 19.9. The molecular weight excluding hydrogens is 254 g/mol. The van der Waals surface area contributed by atoms with Gasteiger partial charge >= 0.3 is 0 Å². The zero-order valence-corrected chi connectivity index (χ0v) is 12.8. The third kappa shape index (κ3) is 4.15. The van der Waals surface area contributed by atoms with Crippen molar-refractivity contribution in [3.05, 3.63) is 29.8 Å². The fourth-order valence-electron chi connectivity index (χ4n) is 2.71. The van der Waals surface area contributed by atoms with Crippen molar-refractivity contribution in [3.63, 3.8) is 0 Å². The van der Waals surface area contributed by atoms with Crippen LogP contribution in [-0.2, 0) is 0 Å². The Bertz CT molecular complexity index is 371. The molecule has 2 N–H and O–H groups in total. The fraction of sp³-hybridized carbons (Fsp3) is 0.625. The van der Waals surface area contributed by atoms with Crippen molar-refractivity contribution in [2.24, 2.45) is 5.73 Å². The molecule has 1 fully saturated rings. The number of benzene rings is 1. The highest BCUT2D eigenvalue weighted by Gasteiger charge is 2.23. The van der Waals surface area contributed by atoms with Gasteiger partial charge in [-0.1, -0.05) is 31.4 Å². The van der Waals surface area contributed by atoms with Crippen molar-refractivity contribution >= 4 is 11.8 Å². The van der Waals surface area contributed by atoms with Gasteiger partial charge in [-0.15, -0.1) is 11.8 Å². The molecule has 2 nitrogen and oxygen atoms in total. The summed E-state index contributed by atoms with van der Waals surface area (Å²) in [6.07, 6.45) is 6.87. The second-order valence-electron chi connectivity index (χ2n) is 5.45. The molecular formula is C16H25NOS. The van der Waals surface area contributed by atoms with E-state index in [9.17, 15) is 0 Å². The highest BCUT2D eigenvalue weighted by atomic mass is 32.2. The summed E-state index contributed by atoms with van der Waals surface area (Å²) in [6, 6.07) is 8.56. The number of hydrogen-bond donors (Lipinski definition) is 1. The second-order valence-corrected chi connectivity index (χ2v) is 6.90. The zero-order valence-electron chi connectivity index (χ0n) is 12.0. The molecule has 0 amide bonds. The first-order chi connectivity index (χ1) is 9.20. The lowest BCUT2D eigenvalue weighted by molar-refractivity contribution is 0.414. The molecule has 0 bridgehead atoms. The maximum atomic E-state index is 6.20. The summed E-state index contributed by atoms with van der Waals surface area (Å²) in [4.78, 5) is 0. The minimum atomic E-state index is 0.181. The summed E-state index contributed by atoms with van der Waals surface area (Å²) >= 11 is 2.07. The molecule has 1 aromatic rings. The number of methoxy groups -OCH3 is 1. The van der Waals surface area contributed by atoms with Gasteiger partial charge in [0.2, 0.25) is 0 Å². The number of rotatable bonds is 5. The van der Waals surface area contributed by atoms with E-state index in [0.717, 1.165) is 11.0 Å². The van der Waals surface area contributed by atoms with E-state index < -0.39 is 0 Å². The van der Waals surface area contributed by atoms with Gasteiger partial charge in [0, 0.05) is 16.5 Å². The first-order valence-electron chi connectivity index (χ1n) is 7.25. The molecule has 0 heterocycles. The van der Waals surface area contributed by atoms with Crippen molar-refractivity contribution in [1.82, 2.24) is 0 Å². The van der Waals surface area contributed by atoms with Crippen LogP contribution in [0.25, 0.3) is 0 Å². The van der Waals surface area contributed by atoms with Gasteiger partial charge in [-0.3, -0.25) is 0 Å². The zero-order chi connectivity index (χ0) is 13.7. The van der Waals surface area contributed by atoms with Gasteiger partial charge in [0.05, 0.1) is 7.11 Å². The van der Waals surface area contributed by atoms with E-state index in [1.807, 2.05) is 12.1 Å². The van der Waals surface area contributed by atoms with Crippen LogP contribution in [0.4, 0.5) is 0 Å². The van der Waals surface area contributed by atoms with Crippen molar-refractivity contribution in [1.29, 1.82) is 0 Å². The van der Waals surface area contributed by atoms with Crippen LogP contribution in [0.2, 0.25) is 0 Å². The number of hydrogen-bond acceptors (Lipinski definition) is 3. The molecule has 0 aromatic heterocycles. The van der Waals surface area contributed by atoms with Gasteiger partial charge in [-0.2, -0.15) is 0 Å². The SMILES string of the molecule is COc1ccc(C(SC2CCCCC2)C(C)N)cc1. The molecule has 106 valence electrons. The monoisotopic (exact) mass is 279 g/mol. The van der Waals surface area contributed by atoms with Gasteiger partial charge < -0.3 is 10.5 Å². The van der Waals surface area contributed by atoms with Crippen molar-refractivity contribution in [2.75, 3.05) is 7.11 Å². The second kappa shape index (κ2) is 7.20. The molecule has 2 unspecified atom stereocenters.